The topological polar surface area (TPSA) is 30.4 Å². The summed E-state index contributed by atoms with van der Waals surface area (Å²) in [5, 5.41) is 1.06. The molecule has 0 amide bonds. The molecule has 0 spiro atoms. The van der Waals surface area contributed by atoms with E-state index in [1.807, 2.05) is 18.6 Å². The molecule has 4 heteroatoms. The molecule has 0 aromatic carbocycles. The van der Waals surface area contributed by atoms with Crippen LogP contribution in [0.1, 0.15) is 6.92 Å². The lowest BCUT2D eigenvalue weighted by molar-refractivity contribution is 0.288. The molecule has 2 rings (SSSR count). The van der Waals surface area contributed by atoms with Crippen molar-refractivity contribution in [1.82, 2.24) is 9.55 Å². The highest BCUT2D eigenvalue weighted by molar-refractivity contribution is 7.98. The van der Waals surface area contributed by atoms with E-state index in [4.69, 9.17) is 4.74 Å². The highest BCUT2D eigenvalue weighted by atomic mass is 32.2. The van der Waals surface area contributed by atoms with Crippen LogP contribution >= 0.6 is 11.8 Å². The molecule has 1 aliphatic rings. The van der Waals surface area contributed by atoms with E-state index >= 15 is 0 Å². The fourth-order valence-corrected chi connectivity index (χ4v) is 1.71. The number of rotatable bonds is 3. The van der Waals surface area contributed by atoms with Crippen LogP contribution in [-0.2, 0) is 11.3 Å². The molecule has 0 aliphatic carbocycles. The Morgan fingerprint density at radius 3 is 3.17 bits per heavy atom. The van der Waals surface area contributed by atoms with Gasteiger partial charge in [-0.25, -0.2) is 4.98 Å². The Kier molecular flexibility index (Phi) is 1.88. The molecule has 1 aliphatic heterocycles. The third kappa shape index (κ3) is 1.49. The fourth-order valence-electron chi connectivity index (χ4n) is 1.18. The zero-order chi connectivity index (χ0) is 8.60. The Balaban J connectivity index is 2.11. The van der Waals surface area contributed by atoms with E-state index in [0.717, 1.165) is 18.3 Å². The number of epoxide rings is 1. The van der Waals surface area contributed by atoms with Crippen molar-refractivity contribution in [3.05, 3.63) is 12.4 Å². The first-order valence-corrected chi connectivity index (χ1v) is 5.15. The molecule has 1 atom stereocenters. The number of nitrogens with zero attached hydrogens (tertiary/aromatic N) is 2. The van der Waals surface area contributed by atoms with Crippen molar-refractivity contribution in [2.45, 2.75) is 24.2 Å². The first kappa shape index (κ1) is 8.13. The van der Waals surface area contributed by atoms with Crippen LogP contribution < -0.4 is 0 Å². The zero-order valence-corrected chi connectivity index (χ0v) is 8.10. The maximum Gasteiger partial charge on any atom is 0.167 e. The predicted octanol–water partition coefficient (Wildman–Crippen LogP) is 1.39. The van der Waals surface area contributed by atoms with Crippen LogP contribution in [0.15, 0.2) is 17.6 Å². The molecule has 1 aromatic rings. The Hall–Kier alpha value is -0.480. The molecule has 1 fully saturated rings. The third-order valence-corrected chi connectivity index (χ3v) is 2.71. The minimum Gasteiger partial charge on any atom is -0.368 e. The van der Waals surface area contributed by atoms with Gasteiger partial charge in [-0.1, -0.05) is 11.8 Å². The van der Waals surface area contributed by atoms with Crippen molar-refractivity contribution < 1.29 is 4.74 Å². The lowest BCUT2D eigenvalue weighted by Gasteiger charge is -2.08. The van der Waals surface area contributed by atoms with Gasteiger partial charge in [-0.2, -0.15) is 0 Å². The van der Waals surface area contributed by atoms with Crippen LogP contribution in [0.25, 0.3) is 0 Å². The summed E-state index contributed by atoms with van der Waals surface area (Å²) in [7, 11) is 0. The molecule has 0 bridgehead atoms. The first-order chi connectivity index (χ1) is 5.73. The summed E-state index contributed by atoms with van der Waals surface area (Å²) in [6, 6.07) is 0. The van der Waals surface area contributed by atoms with Gasteiger partial charge < -0.3 is 9.30 Å². The minimum atomic E-state index is 0.0746. The summed E-state index contributed by atoms with van der Waals surface area (Å²) < 4.78 is 7.45. The largest absolute Gasteiger partial charge is 0.368 e. The molecule has 3 nitrogen and oxygen atoms in total. The Morgan fingerprint density at radius 2 is 2.58 bits per heavy atom. The number of imidazole rings is 1. The minimum absolute atomic E-state index is 0.0746. The summed E-state index contributed by atoms with van der Waals surface area (Å²) in [4.78, 5) is 4.22. The second-order valence-electron chi connectivity index (χ2n) is 3.28. The SMILES string of the molecule is CSc1nccn1C[C@]1(C)CO1. The molecular weight excluding hydrogens is 172 g/mol. The van der Waals surface area contributed by atoms with Crippen LogP contribution in [0.4, 0.5) is 0 Å². The van der Waals surface area contributed by atoms with Gasteiger partial charge >= 0.3 is 0 Å². The third-order valence-electron chi connectivity index (χ3n) is 2.00. The monoisotopic (exact) mass is 184 g/mol. The molecule has 0 unspecified atom stereocenters. The lowest BCUT2D eigenvalue weighted by Crippen LogP contribution is -2.15. The molecule has 12 heavy (non-hydrogen) atoms. The van der Waals surface area contributed by atoms with Crippen molar-refractivity contribution in [3.63, 3.8) is 0 Å². The number of aromatic nitrogens is 2. The van der Waals surface area contributed by atoms with E-state index in [9.17, 15) is 0 Å². The van der Waals surface area contributed by atoms with Gasteiger partial charge in [0.05, 0.1) is 13.2 Å². The van der Waals surface area contributed by atoms with Gasteiger partial charge in [0.25, 0.3) is 0 Å². The van der Waals surface area contributed by atoms with Crippen molar-refractivity contribution >= 4 is 11.8 Å². The van der Waals surface area contributed by atoms with Gasteiger partial charge in [0.1, 0.15) is 5.60 Å². The van der Waals surface area contributed by atoms with Crippen LogP contribution in [0.3, 0.4) is 0 Å². The van der Waals surface area contributed by atoms with Crippen LogP contribution in [-0.4, -0.2) is 28.0 Å². The molecule has 0 N–H and O–H groups in total. The van der Waals surface area contributed by atoms with Gasteiger partial charge in [0, 0.05) is 12.4 Å². The Morgan fingerprint density at radius 1 is 1.83 bits per heavy atom. The smallest absolute Gasteiger partial charge is 0.167 e. The van der Waals surface area contributed by atoms with Gasteiger partial charge in [-0.15, -0.1) is 0 Å². The summed E-state index contributed by atoms with van der Waals surface area (Å²) in [5.41, 5.74) is 0.0746. The Bertz CT molecular complexity index is 280. The van der Waals surface area contributed by atoms with Gasteiger partial charge in [-0.05, 0) is 13.2 Å². The summed E-state index contributed by atoms with van der Waals surface area (Å²) in [6.07, 6.45) is 5.87. The molecule has 1 saturated heterocycles. The van der Waals surface area contributed by atoms with Gasteiger partial charge in [0.2, 0.25) is 0 Å². The van der Waals surface area contributed by atoms with Crippen LogP contribution in [0.2, 0.25) is 0 Å². The number of hydrogen-bond donors (Lipinski definition) is 0. The zero-order valence-electron chi connectivity index (χ0n) is 7.28. The van der Waals surface area contributed by atoms with E-state index in [1.54, 1.807) is 11.8 Å². The maximum absolute atomic E-state index is 5.31. The highest BCUT2D eigenvalue weighted by Gasteiger charge is 2.39. The normalized spacial score (nSPS) is 27.5. The molecular formula is C8H12N2OS. The van der Waals surface area contributed by atoms with E-state index in [2.05, 4.69) is 16.5 Å². The van der Waals surface area contributed by atoms with Crippen molar-refractivity contribution in [2.75, 3.05) is 12.9 Å². The van der Waals surface area contributed by atoms with E-state index in [-0.39, 0.29) is 5.60 Å². The molecule has 1 aromatic heterocycles. The quantitative estimate of drug-likeness (QED) is 0.525. The number of thioether (sulfide) groups is 1. The first-order valence-electron chi connectivity index (χ1n) is 3.93. The van der Waals surface area contributed by atoms with Crippen LogP contribution in [0, 0.1) is 0 Å². The van der Waals surface area contributed by atoms with E-state index in [1.165, 1.54) is 0 Å². The summed E-state index contributed by atoms with van der Waals surface area (Å²) in [5.74, 6) is 0. The van der Waals surface area contributed by atoms with Crippen molar-refractivity contribution in [1.29, 1.82) is 0 Å². The number of hydrogen-bond acceptors (Lipinski definition) is 3. The average molecular weight is 184 g/mol. The van der Waals surface area contributed by atoms with Gasteiger partial charge in [-0.3, -0.25) is 0 Å². The summed E-state index contributed by atoms with van der Waals surface area (Å²) in [6.45, 7) is 3.92. The second kappa shape index (κ2) is 2.78. The van der Waals surface area contributed by atoms with Crippen LogP contribution in [0.5, 0.6) is 0 Å². The van der Waals surface area contributed by atoms with Gasteiger partial charge in [0.15, 0.2) is 5.16 Å². The lowest BCUT2D eigenvalue weighted by atomic mass is 10.2. The van der Waals surface area contributed by atoms with Crippen molar-refractivity contribution in [2.24, 2.45) is 0 Å². The Labute approximate surface area is 76.1 Å². The van der Waals surface area contributed by atoms with Crippen molar-refractivity contribution in [3.8, 4) is 0 Å². The maximum atomic E-state index is 5.31. The summed E-state index contributed by atoms with van der Waals surface area (Å²) >= 11 is 1.67. The molecule has 0 saturated carbocycles. The predicted molar refractivity (Wildman–Crippen MR) is 48.4 cm³/mol. The molecule has 66 valence electrons. The standard InChI is InChI=1S/C8H12N2OS/c1-8(6-11-8)5-10-4-3-9-7(10)12-2/h3-4H,5-6H2,1-2H3/t8-/m1/s1. The highest BCUT2D eigenvalue weighted by Crippen LogP contribution is 2.29. The van der Waals surface area contributed by atoms with E-state index < -0.39 is 0 Å². The fraction of sp³-hybridized carbons (Fsp3) is 0.625. The average Bonchev–Trinajstić information content (AvgIpc) is 2.64. The molecule has 0 radical (unpaired) electrons. The van der Waals surface area contributed by atoms with E-state index in [0.29, 0.717) is 0 Å². The second-order valence-corrected chi connectivity index (χ2v) is 4.05. The molecule has 2 heterocycles. The number of ether oxygens (including phenoxy) is 1.